The summed E-state index contributed by atoms with van der Waals surface area (Å²) in [7, 11) is 0. The van der Waals surface area contributed by atoms with Gasteiger partial charge in [0.1, 0.15) is 0 Å². The van der Waals surface area contributed by atoms with Gasteiger partial charge >= 0.3 is 0 Å². The molecule has 0 fully saturated rings. The average molecular weight is 286 g/mol. The molecule has 0 saturated carbocycles. The summed E-state index contributed by atoms with van der Waals surface area (Å²) < 4.78 is 0. The van der Waals surface area contributed by atoms with Crippen molar-refractivity contribution >= 4 is 16.8 Å². The predicted octanol–water partition coefficient (Wildman–Crippen LogP) is 4.14. The number of aromatic nitrogens is 1. The number of nitrogens with one attached hydrogen (secondary N) is 1. The molecule has 0 saturated heterocycles. The van der Waals surface area contributed by atoms with Crippen LogP contribution in [0.2, 0.25) is 0 Å². The van der Waals surface area contributed by atoms with E-state index in [1.165, 1.54) is 12.8 Å². The Morgan fingerprint density at radius 2 is 2.00 bits per heavy atom. The molecule has 114 valence electrons. The van der Waals surface area contributed by atoms with Gasteiger partial charge in [-0.3, -0.25) is 4.79 Å². The zero-order valence-electron chi connectivity index (χ0n) is 13.4. The van der Waals surface area contributed by atoms with Crippen molar-refractivity contribution in [1.29, 1.82) is 0 Å². The fraction of sp³-hybridized carbons (Fsp3) is 0.500. The number of H-pyrrole nitrogens is 1. The highest BCUT2D eigenvalue weighted by Gasteiger charge is 2.18. The minimum absolute atomic E-state index is 0.228. The number of unbranched alkanes of at least 4 members (excludes halogenated alkanes) is 2. The monoisotopic (exact) mass is 286 g/mol. The first-order valence-electron chi connectivity index (χ1n) is 7.98. The number of amides is 1. The van der Waals surface area contributed by atoms with Crippen LogP contribution in [-0.4, -0.2) is 28.4 Å². The van der Waals surface area contributed by atoms with E-state index < -0.39 is 0 Å². The zero-order chi connectivity index (χ0) is 15.2. The molecule has 1 amide bonds. The van der Waals surface area contributed by atoms with E-state index in [-0.39, 0.29) is 11.9 Å². The third-order valence-corrected chi connectivity index (χ3v) is 3.96. The molecule has 3 heteroatoms. The van der Waals surface area contributed by atoms with Crippen LogP contribution in [0.4, 0.5) is 0 Å². The number of rotatable bonds is 7. The maximum atomic E-state index is 12.6. The van der Waals surface area contributed by atoms with E-state index >= 15 is 0 Å². The molecule has 1 aromatic carbocycles. The van der Waals surface area contributed by atoms with Crippen molar-refractivity contribution in [2.45, 2.75) is 52.5 Å². The normalized spacial score (nSPS) is 11.2. The summed E-state index contributed by atoms with van der Waals surface area (Å²) in [5.74, 6) is 0.228. The van der Waals surface area contributed by atoms with Gasteiger partial charge in [-0.15, -0.1) is 0 Å². The van der Waals surface area contributed by atoms with E-state index in [1.54, 1.807) is 0 Å². The minimum Gasteiger partial charge on any atom is -0.361 e. The molecule has 0 atom stereocenters. The van der Waals surface area contributed by atoms with Crippen LogP contribution in [0.5, 0.6) is 0 Å². The van der Waals surface area contributed by atoms with Crippen LogP contribution in [0.3, 0.4) is 0 Å². The Bertz CT molecular complexity index is 586. The molecule has 1 aromatic heterocycles. The lowest BCUT2D eigenvalue weighted by atomic mass is 10.1. The standard InChI is InChI=1S/C18H26N2O/c1-4-5-8-11-20(14(2)3)18(21)12-15-13-19-17-10-7-6-9-16(15)17/h6-7,9-10,13-14,19H,4-5,8,11-12H2,1-3H3. The van der Waals surface area contributed by atoms with Crippen LogP contribution in [0.1, 0.15) is 45.6 Å². The van der Waals surface area contributed by atoms with Gasteiger partial charge in [-0.1, -0.05) is 38.0 Å². The van der Waals surface area contributed by atoms with Crippen LogP contribution in [0.25, 0.3) is 10.9 Å². The van der Waals surface area contributed by atoms with Crippen LogP contribution in [0, 0.1) is 0 Å². The van der Waals surface area contributed by atoms with Crippen LogP contribution >= 0.6 is 0 Å². The topological polar surface area (TPSA) is 36.1 Å². The number of carbonyl (C=O) groups excluding carboxylic acids is 1. The highest BCUT2D eigenvalue weighted by molar-refractivity contribution is 5.88. The van der Waals surface area contributed by atoms with E-state index in [2.05, 4.69) is 31.8 Å². The Balaban J connectivity index is 2.07. The van der Waals surface area contributed by atoms with E-state index in [4.69, 9.17) is 0 Å². The summed E-state index contributed by atoms with van der Waals surface area (Å²) in [6, 6.07) is 8.41. The van der Waals surface area contributed by atoms with E-state index in [0.717, 1.165) is 29.4 Å². The first kappa shape index (κ1) is 15.6. The summed E-state index contributed by atoms with van der Waals surface area (Å²) in [5.41, 5.74) is 2.19. The summed E-state index contributed by atoms with van der Waals surface area (Å²) in [5, 5.41) is 1.16. The minimum atomic E-state index is 0.228. The molecule has 0 unspecified atom stereocenters. The number of nitrogens with zero attached hydrogens (tertiary/aromatic N) is 1. The van der Waals surface area contributed by atoms with Crippen molar-refractivity contribution in [2.24, 2.45) is 0 Å². The fourth-order valence-corrected chi connectivity index (χ4v) is 2.75. The zero-order valence-corrected chi connectivity index (χ0v) is 13.4. The van der Waals surface area contributed by atoms with Crippen LogP contribution in [0.15, 0.2) is 30.5 Å². The third kappa shape index (κ3) is 3.87. The molecule has 1 N–H and O–H groups in total. The maximum absolute atomic E-state index is 12.6. The highest BCUT2D eigenvalue weighted by atomic mass is 16.2. The summed E-state index contributed by atoms with van der Waals surface area (Å²) in [4.78, 5) is 17.9. The summed E-state index contributed by atoms with van der Waals surface area (Å²) in [6.45, 7) is 7.25. The molecule has 2 rings (SSSR count). The molecular weight excluding hydrogens is 260 g/mol. The largest absolute Gasteiger partial charge is 0.361 e. The van der Waals surface area contributed by atoms with Gasteiger partial charge < -0.3 is 9.88 Å². The first-order chi connectivity index (χ1) is 10.1. The van der Waals surface area contributed by atoms with Gasteiger partial charge in [-0.25, -0.2) is 0 Å². The summed E-state index contributed by atoms with van der Waals surface area (Å²) >= 11 is 0. The molecule has 21 heavy (non-hydrogen) atoms. The third-order valence-electron chi connectivity index (χ3n) is 3.96. The number of benzene rings is 1. The lowest BCUT2D eigenvalue weighted by Gasteiger charge is -2.27. The van der Waals surface area contributed by atoms with E-state index in [0.29, 0.717) is 6.42 Å². The van der Waals surface area contributed by atoms with Crippen molar-refractivity contribution in [1.82, 2.24) is 9.88 Å². The first-order valence-corrected chi connectivity index (χ1v) is 7.98. The fourth-order valence-electron chi connectivity index (χ4n) is 2.75. The van der Waals surface area contributed by atoms with Crippen molar-refractivity contribution in [3.63, 3.8) is 0 Å². The lowest BCUT2D eigenvalue weighted by Crippen LogP contribution is -2.38. The molecule has 1 heterocycles. The Kier molecular flexibility index (Phi) is 5.43. The molecular formula is C18H26N2O. The maximum Gasteiger partial charge on any atom is 0.227 e. The van der Waals surface area contributed by atoms with Crippen molar-refractivity contribution in [3.05, 3.63) is 36.0 Å². The second kappa shape index (κ2) is 7.30. The van der Waals surface area contributed by atoms with Crippen molar-refractivity contribution in [3.8, 4) is 0 Å². The van der Waals surface area contributed by atoms with Gasteiger partial charge in [-0.05, 0) is 31.9 Å². The highest BCUT2D eigenvalue weighted by Crippen LogP contribution is 2.19. The van der Waals surface area contributed by atoms with Crippen molar-refractivity contribution < 1.29 is 4.79 Å². The SMILES string of the molecule is CCCCCN(C(=O)Cc1c[nH]c2ccccc12)C(C)C. The van der Waals surface area contributed by atoms with Gasteiger partial charge in [0.25, 0.3) is 0 Å². The van der Waals surface area contributed by atoms with E-state index in [9.17, 15) is 4.79 Å². The second-order valence-electron chi connectivity index (χ2n) is 5.92. The van der Waals surface area contributed by atoms with Gasteiger partial charge in [0.2, 0.25) is 5.91 Å². The average Bonchev–Trinajstić information content (AvgIpc) is 2.86. The van der Waals surface area contributed by atoms with Crippen LogP contribution < -0.4 is 0 Å². The molecule has 3 nitrogen and oxygen atoms in total. The smallest absolute Gasteiger partial charge is 0.227 e. The lowest BCUT2D eigenvalue weighted by molar-refractivity contribution is -0.132. The molecule has 0 spiro atoms. The summed E-state index contributed by atoms with van der Waals surface area (Å²) in [6.07, 6.45) is 5.90. The van der Waals surface area contributed by atoms with E-state index in [1.807, 2.05) is 29.3 Å². The molecule has 2 aromatic rings. The van der Waals surface area contributed by atoms with Gasteiger partial charge in [-0.2, -0.15) is 0 Å². The van der Waals surface area contributed by atoms with Gasteiger partial charge in [0.15, 0.2) is 0 Å². The molecule has 0 radical (unpaired) electrons. The number of carbonyl (C=O) groups is 1. The second-order valence-corrected chi connectivity index (χ2v) is 5.92. The Morgan fingerprint density at radius 3 is 2.71 bits per heavy atom. The Hall–Kier alpha value is -1.77. The van der Waals surface area contributed by atoms with Crippen LogP contribution in [-0.2, 0) is 11.2 Å². The molecule has 0 aliphatic heterocycles. The molecule has 0 bridgehead atoms. The number of fused-ring (bicyclic) bond motifs is 1. The Labute approximate surface area is 127 Å². The Morgan fingerprint density at radius 1 is 1.24 bits per heavy atom. The number of hydrogen-bond acceptors (Lipinski definition) is 1. The van der Waals surface area contributed by atoms with Crippen molar-refractivity contribution in [2.75, 3.05) is 6.54 Å². The molecule has 0 aliphatic carbocycles. The number of hydrogen-bond donors (Lipinski definition) is 1. The number of para-hydroxylation sites is 1. The van der Waals surface area contributed by atoms with Gasteiger partial charge in [0, 0.05) is 29.7 Å². The molecule has 0 aliphatic rings. The van der Waals surface area contributed by atoms with Gasteiger partial charge in [0.05, 0.1) is 6.42 Å². The predicted molar refractivity (Wildman–Crippen MR) is 88.4 cm³/mol. The number of aromatic amines is 1. The quantitative estimate of drug-likeness (QED) is 0.763.